The van der Waals surface area contributed by atoms with E-state index in [9.17, 15) is 9.59 Å². The third-order valence-corrected chi connectivity index (χ3v) is 4.11. The number of ether oxygens (including phenoxy) is 3. The van der Waals surface area contributed by atoms with Gasteiger partial charge in [-0.1, -0.05) is 23.7 Å². The molecule has 1 aliphatic rings. The van der Waals surface area contributed by atoms with Crippen LogP contribution < -0.4 is 4.74 Å². The number of para-hydroxylation sites is 1. The molecule has 1 fully saturated rings. The SMILES string of the molecule is COC(=O)CCN(CC1CCCO1)C(=O)COc1ccccc1Cl. The monoisotopic (exact) mass is 355 g/mol. The van der Waals surface area contributed by atoms with Gasteiger partial charge in [0, 0.05) is 19.7 Å². The molecular weight excluding hydrogens is 334 g/mol. The van der Waals surface area contributed by atoms with Crippen molar-refractivity contribution in [3.8, 4) is 5.75 Å². The van der Waals surface area contributed by atoms with Gasteiger partial charge < -0.3 is 19.1 Å². The van der Waals surface area contributed by atoms with Crippen molar-refractivity contribution in [2.45, 2.75) is 25.4 Å². The number of hydrogen-bond acceptors (Lipinski definition) is 5. The fourth-order valence-electron chi connectivity index (χ4n) is 2.47. The zero-order valence-corrected chi connectivity index (χ0v) is 14.5. The number of carbonyl (C=O) groups is 2. The molecule has 1 aromatic rings. The van der Waals surface area contributed by atoms with E-state index in [0.29, 0.717) is 23.9 Å². The lowest BCUT2D eigenvalue weighted by molar-refractivity contribution is -0.142. The third-order valence-electron chi connectivity index (χ3n) is 3.80. The number of benzene rings is 1. The first-order valence-corrected chi connectivity index (χ1v) is 8.31. The lowest BCUT2D eigenvalue weighted by atomic mass is 10.2. The molecule has 2 rings (SSSR count). The Morgan fingerprint density at radius 2 is 2.17 bits per heavy atom. The average molecular weight is 356 g/mol. The van der Waals surface area contributed by atoms with Crippen molar-refractivity contribution in [3.63, 3.8) is 0 Å². The van der Waals surface area contributed by atoms with Crippen LogP contribution >= 0.6 is 11.6 Å². The first-order chi connectivity index (χ1) is 11.6. The minimum Gasteiger partial charge on any atom is -0.482 e. The first kappa shape index (κ1) is 18.5. The zero-order chi connectivity index (χ0) is 17.4. The van der Waals surface area contributed by atoms with E-state index < -0.39 is 0 Å². The Kier molecular flexibility index (Phi) is 7.34. The molecule has 1 unspecified atom stereocenters. The molecule has 0 aliphatic carbocycles. The summed E-state index contributed by atoms with van der Waals surface area (Å²) in [6.45, 7) is 1.29. The summed E-state index contributed by atoms with van der Waals surface area (Å²) < 4.78 is 15.7. The van der Waals surface area contributed by atoms with E-state index in [1.54, 1.807) is 29.2 Å². The van der Waals surface area contributed by atoms with Crippen LogP contribution in [0, 0.1) is 0 Å². The molecule has 0 radical (unpaired) electrons. The maximum Gasteiger partial charge on any atom is 0.307 e. The normalized spacial score (nSPS) is 16.7. The fraction of sp³-hybridized carbons (Fsp3) is 0.529. The molecule has 7 heteroatoms. The number of methoxy groups -OCH3 is 1. The molecule has 0 N–H and O–H groups in total. The van der Waals surface area contributed by atoms with Crippen LogP contribution in [0.4, 0.5) is 0 Å². The van der Waals surface area contributed by atoms with E-state index in [4.69, 9.17) is 21.1 Å². The van der Waals surface area contributed by atoms with Gasteiger partial charge in [0.2, 0.25) is 0 Å². The van der Waals surface area contributed by atoms with Crippen LogP contribution in [0.5, 0.6) is 5.75 Å². The molecule has 6 nitrogen and oxygen atoms in total. The Hall–Kier alpha value is -1.79. The summed E-state index contributed by atoms with van der Waals surface area (Å²) in [5.74, 6) is -0.112. The summed E-state index contributed by atoms with van der Waals surface area (Å²) in [6, 6.07) is 6.97. The van der Waals surface area contributed by atoms with Crippen molar-refractivity contribution in [3.05, 3.63) is 29.3 Å². The Morgan fingerprint density at radius 1 is 1.38 bits per heavy atom. The van der Waals surface area contributed by atoms with Crippen molar-refractivity contribution in [2.24, 2.45) is 0 Å². The smallest absolute Gasteiger partial charge is 0.307 e. The van der Waals surface area contributed by atoms with Gasteiger partial charge in [0.15, 0.2) is 6.61 Å². The van der Waals surface area contributed by atoms with Gasteiger partial charge in [-0.3, -0.25) is 9.59 Å². The van der Waals surface area contributed by atoms with Crippen molar-refractivity contribution in [2.75, 3.05) is 33.4 Å². The van der Waals surface area contributed by atoms with Crippen LogP contribution in [0.2, 0.25) is 5.02 Å². The predicted molar refractivity (Wildman–Crippen MR) is 89.1 cm³/mol. The summed E-state index contributed by atoms with van der Waals surface area (Å²) >= 11 is 6.02. The zero-order valence-electron chi connectivity index (χ0n) is 13.7. The van der Waals surface area contributed by atoms with Crippen molar-refractivity contribution >= 4 is 23.5 Å². The number of rotatable bonds is 8. The highest BCUT2D eigenvalue weighted by Crippen LogP contribution is 2.23. The largest absolute Gasteiger partial charge is 0.482 e. The van der Waals surface area contributed by atoms with Crippen LogP contribution in [-0.4, -0.2) is 56.3 Å². The summed E-state index contributed by atoms with van der Waals surface area (Å²) in [7, 11) is 1.33. The van der Waals surface area contributed by atoms with Crippen LogP contribution in [-0.2, 0) is 19.1 Å². The van der Waals surface area contributed by atoms with Crippen molar-refractivity contribution in [1.82, 2.24) is 4.90 Å². The maximum absolute atomic E-state index is 12.5. The quantitative estimate of drug-likeness (QED) is 0.669. The lowest BCUT2D eigenvalue weighted by Crippen LogP contribution is -2.41. The van der Waals surface area contributed by atoms with E-state index in [1.807, 2.05) is 0 Å². The van der Waals surface area contributed by atoms with Crippen molar-refractivity contribution < 1.29 is 23.8 Å². The number of amides is 1. The second-order valence-corrected chi connectivity index (χ2v) is 5.93. The van der Waals surface area contributed by atoms with Crippen molar-refractivity contribution in [1.29, 1.82) is 0 Å². The van der Waals surface area contributed by atoms with E-state index >= 15 is 0 Å². The predicted octanol–water partition coefficient (Wildman–Crippen LogP) is 2.29. The summed E-state index contributed by atoms with van der Waals surface area (Å²) in [4.78, 5) is 25.4. The number of nitrogens with zero attached hydrogens (tertiary/aromatic N) is 1. The van der Waals surface area contributed by atoms with E-state index in [2.05, 4.69) is 4.74 Å². The van der Waals surface area contributed by atoms with Gasteiger partial charge in [-0.2, -0.15) is 0 Å². The van der Waals surface area contributed by atoms with Gasteiger partial charge >= 0.3 is 5.97 Å². The summed E-state index contributed by atoms with van der Waals surface area (Å²) in [5.41, 5.74) is 0. The van der Waals surface area contributed by atoms with Gasteiger partial charge in [-0.15, -0.1) is 0 Å². The van der Waals surface area contributed by atoms with Gasteiger partial charge in [0.05, 0.1) is 24.7 Å². The van der Waals surface area contributed by atoms with Crippen LogP contribution in [0.3, 0.4) is 0 Å². The lowest BCUT2D eigenvalue weighted by Gasteiger charge is -2.25. The Balaban J connectivity index is 1.91. The second-order valence-electron chi connectivity index (χ2n) is 5.52. The maximum atomic E-state index is 12.5. The molecule has 1 aromatic carbocycles. The number of halogens is 1. The molecule has 1 heterocycles. The standard InChI is InChI=1S/C17H22ClNO5/c1-22-17(21)8-9-19(11-13-5-4-10-23-13)16(20)12-24-15-7-3-2-6-14(15)18/h2-3,6-7,13H,4-5,8-12H2,1H3. The number of hydrogen-bond donors (Lipinski definition) is 0. The minimum absolute atomic E-state index is 0.00640. The fourth-order valence-corrected chi connectivity index (χ4v) is 2.66. The topological polar surface area (TPSA) is 65.1 Å². The Labute approximate surface area is 146 Å². The molecule has 0 bridgehead atoms. The van der Waals surface area contributed by atoms with Gasteiger partial charge in [0.25, 0.3) is 5.91 Å². The molecule has 24 heavy (non-hydrogen) atoms. The molecule has 132 valence electrons. The first-order valence-electron chi connectivity index (χ1n) is 7.93. The van der Waals surface area contributed by atoms with Gasteiger partial charge in [-0.25, -0.2) is 0 Å². The molecule has 1 atom stereocenters. The third kappa shape index (κ3) is 5.69. The number of carbonyl (C=O) groups excluding carboxylic acids is 2. The number of esters is 1. The molecule has 0 aromatic heterocycles. The molecule has 1 amide bonds. The van der Waals surface area contributed by atoms with Crippen LogP contribution in [0.25, 0.3) is 0 Å². The Bertz CT molecular complexity index is 560. The molecule has 0 saturated carbocycles. The van der Waals surface area contributed by atoms with Crippen LogP contribution in [0.15, 0.2) is 24.3 Å². The van der Waals surface area contributed by atoms with E-state index in [0.717, 1.165) is 12.8 Å². The summed E-state index contributed by atoms with van der Waals surface area (Å²) in [6.07, 6.45) is 2.04. The molecule has 1 aliphatic heterocycles. The van der Waals surface area contributed by atoms with Gasteiger partial charge in [0.1, 0.15) is 5.75 Å². The van der Waals surface area contributed by atoms with E-state index in [1.165, 1.54) is 7.11 Å². The van der Waals surface area contributed by atoms with Crippen LogP contribution in [0.1, 0.15) is 19.3 Å². The summed E-state index contributed by atoms with van der Waals surface area (Å²) in [5, 5.41) is 0.450. The van der Waals surface area contributed by atoms with E-state index in [-0.39, 0.29) is 37.6 Å². The Morgan fingerprint density at radius 3 is 2.83 bits per heavy atom. The molecular formula is C17H22ClNO5. The average Bonchev–Trinajstić information content (AvgIpc) is 3.10. The minimum atomic E-state index is -0.354. The molecule has 0 spiro atoms. The molecule has 1 saturated heterocycles. The second kappa shape index (κ2) is 9.49. The van der Waals surface area contributed by atoms with Gasteiger partial charge in [-0.05, 0) is 25.0 Å². The highest BCUT2D eigenvalue weighted by atomic mass is 35.5. The highest BCUT2D eigenvalue weighted by molar-refractivity contribution is 6.32. The highest BCUT2D eigenvalue weighted by Gasteiger charge is 2.23.